The molecule has 1 saturated heterocycles. The second-order valence-electron chi connectivity index (χ2n) is 6.59. The van der Waals surface area contributed by atoms with Crippen LogP contribution in [-0.4, -0.2) is 29.9 Å². The van der Waals surface area contributed by atoms with E-state index < -0.39 is 5.82 Å². The summed E-state index contributed by atoms with van der Waals surface area (Å²) in [6.45, 7) is 5.56. The van der Waals surface area contributed by atoms with Gasteiger partial charge in [0.15, 0.2) is 0 Å². The Balaban J connectivity index is 1.62. The zero-order valence-electron chi connectivity index (χ0n) is 14.6. The Hall–Kier alpha value is -2.40. The predicted molar refractivity (Wildman–Crippen MR) is 99.2 cm³/mol. The molecule has 2 aromatic carbocycles. The number of rotatable bonds is 5. The first-order valence-corrected chi connectivity index (χ1v) is 8.65. The van der Waals surface area contributed by atoms with Crippen LogP contribution in [0, 0.1) is 5.82 Å². The number of likely N-dealkylation sites (tertiary alicyclic amines) is 1. The van der Waals surface area contributed by atoms with Gasteiger partial charge in [-0.15, -0.1) is 0 Å². The molecule has 1 aliphatic rings. The van der Waals surface area contributed by atoms with Gasteiger partial charge in [-0.3, -0.25) is 9.69 Å². The lowest BCUT2D eigenvalue weighted by Gasteiger charge is -2.25. The molecule has 0 aliphatic carbocycles. The first-order chi connectivity index (χ1) is 12.0. The van der Waals surface area contributed by atoms with Gasteiger partial charge in [0.1, 0.15) is 5.82 Å². The second-order valence-corrected chi connectivity index (χ2v) is 6.59. The van der Waals surface area contributed by atoms with Gasteiger partial charge in [-0.2, -0.15) is 0 Å². The lowest BCUT2D eigenvalue weighted by molar-refractivity contribution is -0.114. The summed E-state index contributed by atoms with van der Waals surface area (Å²) in [5.74, 6) is -0.703. The molecule has 3 rings (SSSR count). The maximum atomic E-state index is 13.7. The van der Waals surface area contributed by atoms with E-state index in [4.69, 9.17) is 0 Å². The molecule has 5 heteroatoms. The van der Waals surface area contributed by atoms with Crippen LogP contribution in [-0.2, 0) is 4.79 Å². The van der Waals surface area contributed by atoms with Crippen molar-refractivity contribution in [3.05, 3.63) is 59.9 Å². The monoisotopic (exact) mass is 341 g/mol. The standard InChI is InChI=1S/C20H24FN3O/c1-14(16-6-4-3-5-7-16)24-11-10-18(13-24)23-17-8-9-19(21)20(12-17)22-15(2)25/h3-9,12,14,18,23H,10-11,13H2,1-2H3,(H,22,25). The van der Waals surface area contributed by atoms with Gasteiger partial charge in [0.2, 0.25) is 5.91 Å². The van der Waals surface area contributed by atoms with Gasteiger partial charge < -0.3 is 10.6 Å². The smallest absolute Gasteiger partial charge is 0.221 e. The van der Waals surface area contributed by atoms with Crippen molar-refractivity contribution in [1.29, 1.82) is 0 Å². The maximum absolute atomic E-state index is 13.7. The highest BCUT2D eigenvalue weighted by Gasteiger charge is 2.26. The predicted octanol–water partition coefficient (Wildman–Crippen LogP) is 4.03. The zero-order valence-corrected chi connectivity index (χ0v) is 14.6. The summed E-state index contributed by atoms with van der Waals surface area (Å²) < 4.78 is 13.7. The van der Waals surface area contributed by atoms with Crippen LogP contribution in [0.1, 0.15) is 31.9 Å². The van der Waals surface area contributed by atoms with E-state index in [-0.39, 0.29) is 11.6 Å². The van der Waals surface area contributed by atoms with Gasteiger partial charge >= 0.3 is 0 Å². The number of anilines is 2. The number of carbonyl (C=O) groups excluding carboxylic acids is 1. The van der Waals surface area contributed by atoms with Gasteiger partial charge in [0, 0.05) is 37.8 Å². The third kappa shape index (κ3) is 4.37. The van der Waals surface area contributed by atoms with Crippen molar-refractivity contribution < 1.29 is 9.18 Å². The highest BCUT2D eigenvalue weighted by molar-refractivity contribution is 5.89. The van der Waals surface area contributed by atoms with Crippen molar-refractivity contribution >= 4 is 17.3 Å². The quantitative estimate of drug-likeness (QED) is 0.863. The zero-order chi connectivity index (χ0) is 17.8. The molecule has 0 bridgehead atoms. The van der Waals surface area contributed by atoms with Crippen molar-refractivity contribution in [2.75, 3.05) is 23.7 Å². The van der Waals surface area contributed by atoms with Crippen LogP contribution in [0.3, 0.4) is 0 Å². The van der Waals surface area contributed by atoms with Gasteiger partial charge in [0.25, 0.3) is 0 Å². The molecule has 0 radical (unpaired) electrons. The highest BCUT2D eigenvalue weighted by Crippen LogP contribution is 2.27. The molecular formula is C20H24FN3O. The summed E-state index contributed by atoms with van der Waals surface area (Å²) >= 11 is 0. The number of amides is 1. The van der Waals surface area contributed by atoms with Gasteiger partial charge in [-0.1, -0.05) is 30.3 Å². The minimum absolute atomic E-state index is 0.213. The molecule has 4 nitrogen and oxygen atoms in total. The number of nitrogens with zero attached hydrogens (tertiary/aromatic N) is 1. The van der Waals surface area contributed by atoms with Crippen molar-refractivity contribution in [2.45, 2.75) is 32.4 Å². The molecule has 2 N–H and O–H groups in total. The van der Waals surface area contributed by atoms with Crippen LogP contribution in [0.5, 0.6) is 0 Å². The number of carbonyl (C=O) groups is 1. The van der Waals surface area contributed by atoms with Gasteiger partial charge in [-0.25, -0.2) is 4.39 Å². The van der Waals surface area contributed by atoms with E-state index >= 15 is 0 Å². The molecule has 0 spiro atoms. The average molecular weight is 341 g/mol. The van der Waals surface area contributed by atoms with E-state index in [1.165, 1.54) is 18.6 Å². The fourth-order valence-electron chi connectivity index (χ4n) is 3.34. The van der Waals surface area contributed by atoms with E-state index in [1.807, 2.05) is 6.07 Å². The molecule has 1 aliphatic heterocycles. The van der Waals surface area contributed by atoms with Crippen molar-refractivity contribution in [3.8, 4) is 0 Å². The number of hydrogen-bond acceptors (Lipinski definition) is 3. The van der Waals surface area contributed by atoms with E-state index in [9.17, 15) is 9.18 Å². The Morgan fingerprint density at radius 1 is 1.24 bits per heavy atom. The molecule has 0 aromatic heterocycles. The van der Waals surface area contributed by atoms with Crippen LogP contribution >= 0.6 is 0 Å². The van der Waals surface area contributed by atoms with Crippen molar-refractivity contribution in [2.24, 2.45) is 0 Å². The summed E-state index contributed by atoms with van der Waals surface area (Å²) in [4.78, 5) is 13.6. The van der Waals surface area contributed by atoms with Crippen LogP contribution in [0.15, 0.2) is 48.5 Å². The van der Waals surface area contributed by atoms with Crippen LogP contribution in [0.25, 0.3) is 0 Å². The van der Waals surface area contributed by atoms with Crippen molar-refractivity contribution in [1.82, 2.24) is 4.90 Å². The molecule has 2 aromatic rings. The third-order valence-electron chi connectivity index (χ3n) is 4.70. The summed E-state index contributed by atoms with van der Waals surface area (Å²) in [7, 11) is 0. The SMILES string of the molecule is CC(=O)Nc1cc(NC2CCN(C(C)c3ccccc3)C2)ccc1F. The first kappa shape index (κ1) is 17.4. The molecule has 0 saturated carbocycles. The average Bonchev–Trinajstić information content (AvgIpc) is 3.06. The van der Waals surface area contributed by atoms with Gasteiger partial charge in [0.05, 0.1) is 5.69 Å². The van der Waals surface area contributed by atoms with E-state index in [1.54, 1.807) is 12.1 Å². The number of hydrogen-bond donors (Lipinski definition) is 2. The van der Waals surface area contributed by atoms with Crippen LogP contribution in [0.2, 0.25) is 0 Å². The highest BCUT2D eigenvalue weighted by atomic mass is 19.1. The van der Waals surface area contributed by atoms with E-state index in [2.05, 4.69) is 46.7 Å². The largest absolute Gasteiger partial charge is 0.381 e. The Labute approximate surface area is 148 Å². The third-order valence-corrected chi connectivity index (χ3v) is 4.70. The topological polar surface area (TPSA) is 44.4 Å². The molecule has 1 amide bonds. The molecule has 2 atom stereocenters. The molecule has 1 heterocycles. The minimum atomic E-state index is -0.425. The summed E-state index contributed by atoms with van der Waals surface area (Å²) in [6.07, 6.45) is 1.03. The van der Waals surface area contributed by atoms with Crippen LogP contribution < -0.4 is 10.6 Å². The number of benzene rings is 2. The minimum Gasteiger partial charge on any atom is -0.381 e. The van der Waals surface area contributed by atoms with E-state index in [0.717, 1.165) is 25.2 Å². The first-order valence-electron chi connectivity index (χ1n) is 8.65. The molecule has 2 unspecified atom stereocenters. The summed E-state index contributed by atoms with van der Waals surface area (Å²) in [5, 5.41) is 5.98. The normalized spacial score (nSPS) is 18.8. The lowest BCUT2D eigenvalue weighted by atomic mass is 10.1. The Bertz CT molecular complexity index is 735. The van der Waals surface area contributed by atoms with Crippen molar-refractivity contribution in [3.63, 3.8) is 0 Å². The Morgan fingerprint density at radius 2 is 2.00 bits per heavy atom. The molecule has 25 heavy (non-hydrogen) atoms. The fourth-order valence-corrected chi connectivity index (χ4v) is 3.34. The molecule has 132 valence electrons. The summed E-state index contributed by atoms with van der Waals surface area (Å²) in [5.41, 5.74) is 2.35. The summed E-state index contributed by atoms with van der Waals surface area (Å²) in [6, 6.07) is 15.9. The molecule has 1 fully saturated rings. The Kier molecular flexibility index (Phi) is 5.34. The second kappa shape index (κ2) is 7.66. The fraction of sp³-hybridized carbons (Fsp3) is 0.350. The lowest BCUT2D eigenvalue weighted by Crippen LogP contribution is -2.28. The van der Waals surface area contributed by atoms with Gasteiger partial charge in [-0.05, 0) is 37.1 Å². The molecular weight excluding hydrogens is 317 g/mol. The Morgan fingerprint density at radius 3 is 2.72 bits per heavy atom. The van der Waals surface area contributed by atoms with E-state index in [0.29, 0.717) is 12.1 Å². The van der Waals surface area contributed by atoms with Crippen LogP contribution in [0.4, 0.5) is 15.8 Å². The number of nitrogens with one attached hydrogen (secondary N) is 2. The number of halogens is 1. The maximum Gasteiger partial charge on any atom is 0.221 e.